The molecule has 3 aromatic rings. The first-order valence-corrected chi connectivity index (χ1v) is 6.41. The van der Waals surface area contributed by atoms with Gasteiger partial charge < -0.3 is 10.4 Å². The van der Waals surface area contributed by atoms with Crippen LogP contribution in [-0.2, 0) is 11.2 Å². The van der Waals surface area contributed by atoms with Crippen molar-refractivity contribution in [2.24, 2.45) is 0 Å². The third-order valence-electron chi connectivity index (χ3n) is 3.14. The highest BCUT2D eigenvalue weighted by Gasteiger charge is 2.19. The number of rotatable bonds is 5. The Labute approximate surface area is 120 Å². The molecule has 0 aliphatic carbocycles. The molecule has 21 heavy (non-hydrogen) atoms. The van der Waals surface area contributed by atoms with E-state index in [1.165, 1.54) is 6.33 Å². The van der Waals surface area contributed by atoms with Gasteiger partial charge in [0.25, 0.3) is 0 Å². The summed E-state index contributed by atoms with van der Waals surface area (Å²) in [4.78, 5) is 19.6. The summed E-state index contributed by atoms with van der Waals surface area (Å²) < 4.78 is 0. The minimum Gasteiger partial charge on any atom is -0.480 e. The van der Waals surface area contributed by atoms with Gasteiger partial charge in [0.15, 0.2) is 5.65 Å². The lowest BCUT2D eigenvalue weighted by molar-refractivity contribution is -0.137. The lowest BCUT2D eigenvalue weighted by Gasteiger charge is -2.15. The van der Waals surface area contributed by atoms with E-state index < -0.39 is 12.0 Å². The molecule has 0 saturated carbocycles. The topological polar surface area (TPSA) is 104 Å². The van der Waals surface area contributed by atoms with Crippen LogP contribution in [0.5, 0.6) is 0 Å². The summed E-state index contributed by atoms with van der Waals surface area (Å²) in [6, 6.07) is 8.67. The average Bonchev–Trinajstić information content (AvgIpc) is 2.97. The van der Waals surface area contributed by atoms with E-state index >= 15 is 0 Å². The Morgan fingerprint density at radius 2 is 2.10 bits per heavy atom. The minimum absolute atomic E-state index is 0.361. The lowest BCUT2D eigenvalue weighted by atomic mass is 10.1. The van der Waals surface area contributed by atoms with E-state index in [4.69, 9.17) is 0 Å². The highest BCUT2D eigenvalue weighted by atomic mass is 16.4. The third-order valence-corrected chi connectivity index (χ3v) is 3.14. The van der Waals surface area contributed by atoms with Crippen LogP contribution in [0.1, 0.15) is 5.56 Å². The molecule has 0 spiro atoms. The van der Waals surface area contributed by atoms with Gasteiger partial charge in [0.2, 0.25) is 0 Å². The largest absolute Gasteiger partial charge is 0.480 e. The average molecular weight is 283 g/mol. The fourth-order valence-electron chi connectivity index (χ4n) is 2.09. The van der Waals surface area contributed by atoms with Gasteiger partial charge in [0, 0.05) is 6.42 Å². The van der Waals surface area contributed by atoms with Crippen LogP contribution in [0.25, 0.3) is 11.0 Å². The number of aromatic amines is 1. The van der Waals surface area contributed by atoms with Crippen LogP contribution in [0.4, 0.5) is 5.82 Å². The van der Waals surface area contributed by atoms with Crippen molar-refractivity contribution in [2.45, 2.75) is 12.5 Å². The maximum atomic E-state index is 11.5. The van der Waals surface area contributed by atoms with Gasteiger partial charge in [0.05, 0.1) is 11.6 Å². The van der Waals surface area contributed by atoms with Gasteiger partial charge in [-0.25, -0.2) is 14.8 Å². The summed E-state index contributed by atoms with van der Waals surface area (Å²) in [5.74, 6) is -0.480. The van der Waals surface area contributed by atoms with Crippen molar-refractivity contribution in [1.29, 1.82) is 0 Å². The molecule has 1 atom stereocenters. The fourth-order valence-corrected chi connectivity index (χ4v) is 2.09. The zero-order chi connectivity index (χ0) is 14.7. The first-order valence-electron chi connectivity index (χ1n) is 6.41. The molecule has 0 fully saturated rings. The van der Waals surface area contributed by atoms with E-state index in [1.807, 2.05) is 30.3 Å². The summed E-state index contributed by atoms with van der Waals surface area (Å²) in [6.45, 7) is 0. The second kappa shape index (κ2) is 5.58. The number of benzene rings is 1. The molecule has 7 nitrogen and oxygen atoms in total. The predicted molar refractivity (Wildman–Crippen MR) is 76.9 cm³/mol. The van der Waals surface area contributed by atoms with E-state index in [9.17, 15) is 9.90 Å². The molecule has 7 heteroatoms. The molecule has 1 aromatic carbocycles. The minimum atomic E-state index is -0.936. The number of nitrogens with zero attached hydrogens (tertiary/aromatic N) is 3. The third kappa shape index (κ3) is 2.81. The van der Waals surface area contributed by atoms with E-state index in [1.54, 1.807) is 6.20 Å². The standard InChI is InChI=1S/C14H13N5O2/c20-14(21)11(6-9-4-2-1-3-5-9)18-12-10-7-17-19-13(10)16-8-15-12/h1-5,7-8,11H,6H2,(H,20,21)(H2,15,16,17,18,19)/t11-/m0/s1. The normalized spacial score (nSPS) is 12.2. The molecular weight excluding hydrogens is 270 g/mol. The number of hydrogen-bond acceptors (Lipinski definition) is 5. The molecular formula is C14H13N5O2. The van der Waals surface area contributed by atoms with Crippen molar-refractivity contribution >= 4 is 22.8 Å². The lowest BCUT2D eigenvalue weighted by Crippen LogP contribution is -2.32. The number of carboxylic acid groups (broad SMARTS) is 1. The van der Waals surface area contributed by atoms with Crippen molar-refractivity contribution in [3.05, 3.63) is 48.4 Å². The first kappa shape index (κ1) is 13.0. The Balaban J connectivity index is 1.85. The van der Waals surface area contributed by atoms with Gasteiger partial charge in [-0.3, -0.25) is 5.10 Å². The van der Waals surface area contributed by atoms with Crippen molar-refractivity contribution in [3.63, 3.8) is 0 Å². The Hall–Kier alpha value is -2.96. The molecule has 0 aliphatic rings. The predicted octanol–water partition coefficient (Wildman–Crippen LogP) is 1.46. The van der Waals surface area contributed by atoms with Gasteiger partial charge in [0.1, 0.15) is 18.2 Å². The number of aromatic nitrogens is 4. The molecule has 2 heterocycles. The molecule has 106 valence electrons. The number of anilines is 1. The maximum absolute atomic E-state index is 11.5. The van der Waals surface area contributed by atoms with Crippen molar-refractivity contribution in [1.82, 2.24) is 20.2 Å². The zero-order valence-electron chi connectivity index (χ0n) is 11.0. The van der Waals surface area contributed by atoms with Crippen molar-refractivity contribution in [3.8, 4) is 0 Å². The van der Waals surface area contributed by atoms with Crippen LogP contribution in [-0.4, -0.2) is 37.3 Å². The SMILES string of the molecule is O=C(O)[C@H](Cc1ccccc1)Nc1ncnc2[nH]ncc12. The van der Waals surface area contributed by atoms with Gasteiger partial charge >= 0.3 is 5.97 Å². The Kier molecular flexibility index (Phi) is 3.46. The first-order chi connectivity index (χ1) is 10.2. The van der Waals surface area contributed by atoms with Gasteiger partial charge in [-0.2, -0.15) is 5.10 Å². The van der Waals surface area contributed by atoms with Crippen molar-refractivity contribution < 1.29 is 9.90 Å². The molecule has 0 radical (unpaired) electrons. The Bertz CT molecular complexity index is 756. The highest BCUT2D eigenvalue weighted by Crippen LogP contribution is 2.18. The summed E-state index contributed by atoms with van der Waals surface area (Å²) >= 11 is 0. The summed E-state index contributed by atoms with van der Waals surface area (Å²) in [5.41, 5.74) is 1.51. The molecule has 0 bridgehead atoms. The van der Waals surface area contributed by atoms with E-state index in [0.29, 0.717) is 23.3 Å². The summed E-state index contributed by atoms with van der Waals surface area (Å²) in [7, 11) is 0. The number of nitrogens with one attached hydrogen (secondary N) is 2. The van der Waals surface area contributed by atoms with Crippen LogP contribution >= 0.6 is 0 Å². The Morgan fingerprint density at radius 3 is 2.86 bits per heavy atom. The van der Waals surface area contributed by atoms with Gasteiger partial charge in [-0.05, 0) is 5.56 Å². The molecule has 3 rings (SSSR count). The summed E-state index contributed by atoms with van der Waals surface area (Å²) in [5, 5.41) is 19.6. The van der Waals surface area contributed by atoms with Crippen molar-refractivity contribution in [2.75, 3.05) is 5.32 Å². The number of fused-ring (bicyclic) bond motifs is 1. The number of carbonyl (C=O) groups is 1. The Morgan fingerprint density at radius 1 is 1.29 bits per heavy atom. The molecule has 0 saturated heterocycles. The van der Waals surface area contributed by atoms with Crippen LogP contribution < -0.4 is 5.32 Å². The van der Waals surface area contributed by atoms with Crippen LogP contribution in [0.15, 0.2) is 42.9 Å². The van der Waals surface area contributed by atoms with E-state index in [0.717, 1.165) is 5.56 Å². The fraction of sp³-hybridized carbons (Fsp3) is 0.143. The highest BCUT2D eigenvalue weighted by molar-refractivity contribution is 5.88. The maximum Gasteiger partial charge on any atom is 0.326 e. The van der Waals surface area contributed by atoms with Gasteiger partial charge in [-0.15, -0.1) is 0 Å². The van der Waals surface area contributed by atoms with Crippen LogP contribution in [0, 0.1) is 0 Å². The molecule has 0 unspecified atom stereocenters. The monoisotopic (exact) mass is 283 g/mol. The molecule has 0 amide bonds. The number of hydrogen-bond donors (Lipinski definition) is 3. The zero-order valence-corrected chi connectivity index (χ0v) is 11.0. The molecule has 0 aliphatic heterocycles. The number of H-pyrrole nitrogens is 1. The number of aliphatic carboxylic acids is 1. The van der Waals surface area contributed by atoms with Gasteiger partial charge in [-0.1, -0.05) is 30.3 Å². The van der Waals surface area contributed by atoms with Crippen LogP contribution in [0.2, 0.25) is 0 Å². The quantitative estimate of drug-likeness (QED) is 0.655. The second-order valence-corrected chi connectivity index (χ2v) is 4.58. The molecule has 3 N–H and O–H groups in total. The van der Waals surface area contributed by atoms with E-state index in [-0.39, 0.29) is 0 Å². The van der Waals surface area contributed by atoms with E-state index in [2.05, 4.69) is 25.5 Å². The summed E-state index contributed by atoms with van der Waals surface area (Å²) in [6.07, 6.45) is 3.29. The smallest absolute Gasteiger partial charge is 0.326 e. The number of carboxylic acids is 1. The van der Waals surface area contributed by atoms with Crippen LogP contribution in [0.3, 0.4) is 0 Å². The second-order valence-electron chi connectivity index (χ2n) is 4.58. The molecule has 2 aromatic heterocycles.